The Bertz CT molecular complexity index is 756. The molecule has 0 unspecified atom stereocenters. The van der Waals surface area contributed by atoms with Crippen LogP contribution in [0, 0.1) is 6.92 Å². The van der Waals surface area contributed by atoms with Gasteiger partial charge in [0.1, 0.15) is 0 Å². The standard InChI is InChI=1S/C18H25N5O2/c1-5-16(24)23-9-7-6-8-14(23)17-13(15-10-12(2)21-25-15)11-19-18(20-17)22(3)4/h10-11,14H,5-9H2,1-4H3/t14-/m0/s1. The first kappa shape index (κ1) is 17.4. The van der Waals surface area contributed by atoms with Crippen molar-refractivity contribution in [2.75, 3.05) is 25.5 Å². The number of aryl methyl sites for hydroxylation is 1. The molecule has 7 nitrogen and oxygen atoms in total. The van der Waals surface area contributed by atoms with E-state index in [2.05, 4.69) is 10.1 Å². The third-order valence-electron chi connectivity index (χ3n) is 4.54. The highest BCUT2D eigenvalue weighted by molar-refractivity contribution is 5.77. The van der Waals surface area contributed by atoms with E-state index in [1.54, 1.807) is 6.20 Å². The molecule has 1 fully saturated rings. The zero-order valence-corrected chi connectivity index (χ0v) is 15.3. The lowest BCUT2D eigenvalue weighted by Gasteiger charge is -2.36. The molecular formula is C18H25N5O2. The molecule has 1 aliphatic heterocycles. The molecule has 0 bridgehead atoms. The van der Waals surface area contributed by atoms with Crippen LogP contribution >= 0.6 is 0 Å². The largest absolute Gasteiger partial charge is 0.356 e. The summed E-state index contributed by atoms with van der Waals surface area (Å²) >= 11 is 0. The quantitative estimate of drug-likeness (QED) is 0.849. The van der Waals surface area contributed by atoms with Crippen LogP contribution in [0.2, 0.25) is 0 Å². The second kappa shape index (κ2) is 7.21. The Hall–Kier alpha value is -2.44. The number of hydrogen-bond donors (Lipinski definition) is 0. The Morgan fingerprint density at radius 3 is 2.84 bits per heavy atom. The molecule has 3 rings (SSSR count). The highest BCUT2D eigenvalue weighted by atomic mass is 16.5. The average molecular weight is 343 g/mol. The number of rotatable bonds is 4. The van der Waals surface area contributed by atoms with Crippen LogP contribution in [-0.2, 0) is 4.79 Å². The first-order chi connectivity index (χ1) is 12.0. The maximum Gasteiger partial charge on any atom is 0.225 e. The van der Waals surface area contributed by atoms with E-state index >= 15 is 0 Å². The molecule has 0 aromatic carbocycles. The fraction of sp³-hybridized carbons (Fsp3) is 0.556. The van der Waals surface area contributed by atoms with Gasteiger partial charge in [-0.15, -0.1) is 0 Å². The van der Waals surface area contributed by atoms with E-state index in [9.17, 15) is 4.79 Å². The van der Waals surface area contributed by atoms with E-state index in [0.717, 1.165) is 42.8 Å². The predicted molar refractivity (Wildman–Crippen MR) is 95.2 cm³/mol. The van der Waals surface area contributed by atoms with E-state index < -0.39 is 0 Å². The van der Waals surface area contributed by atoms with Crippen LogP contribution in [0.4, 0.5) is 5.95 Å². The lowest BCUT2D eigenvalue weighted by molar-refractivity contribution is -0.134. The molecule has 134 valence electrons. The number of carbonyl (C=O) groups is 1. The third kappa shape index (κ3) is 3.50. The number of amides is 1. The molecule has 1 atom stereocenters. The maximum absolute atomic E-state index is 12.5. The Balaban J connectivity index is 2.10. The Morgan fingerprint density at radius 1 is 1.40 bits per heavy atom. The summed E-state index contributed by atoms with van der Waals surface area (Å²) < 4.78 is 5.46. The molecule has 1 amide bonds. The van der Waals surface area contributed by atoms with Crippen LogP contribution < -0.4 is 4.90 Å². The number of piperidine rings is 1. The van der Waals surface area contributed by atoms with E-state index in [-0.39, 0.29) is 11.9 Å². The summed E-state index contributed by atoms with van der Waals surface area (Å²) in [6, 6.07) is 1.83. The minimum Gasteiger partial charge on any atom is -0.356 e. The van der Waals surface area contributed by atoms with Crippen molar-refractivity contribution < 1.29 is 9.32 Å². The summed E-state index contributed by atoms with van der Waals surface area (Å²) in [5, 5.41) is 3.99. The van der Waals surface area contributed by atoms with E-state index in [4.69, 9.17) is 9.51 Å². The summed E-state index contributed by atoms with van der Waals surface area (Å²) in [7, 11) is 3.82. The third-order valence-corrected chi connectivity index (χ3v) is 4.54. The molecule has 0 saturated carbocycles. The van der Waals surface area contributed by atoms with Gasteiger partial charge in [-0.3, -0.25) is 4.79 Å². The number of likely N-dealkylation sites (tertiary alicyclic amines) is 1. The number of carbonyl (C=O) groups excluding carboxylic acids is 1. The van der Waals surface area contributed by atoms with Crippen molar-refractivity contribution in [1.29, 1.82) is 0 Å². The first-order valence-corrected chi connectivity index (χ1v) is 8.78. The van der Waals surface area contributed by atoms with Crippen molar-refractivity contribution >= 4 is 11.9 Å². The van der Waals surface area contributed by atoms with E-state index in [0.29, 0.717) is 18.1 Å². The average Bonchev–Trinajstić information content (AvgIpc) is 3.06. The van der Waals surface area contributed by atoms with Crippen molar-refractivity contribution in [3.05, 3.63) is 23.7 Å². The van der Waals surface area contributed by atoms with Crippen LogP contribution in [0.5, 0.6) is 0 Å². The van der Waals surface area contributed by atoms with Crippen molar-refractivity contribution in [2.24, 2.45) is 0 Å². The highest BCUT2D eigenvalue weighted by Gasteiger charge is 2.31. The Morgan fingerprint density at radius 2 is 2.20 bits per heavy atom. The summed E-state index contributed by atoms with van der Waals surface area (Å²) in [5.74, 6) is 1.44. The van der Waals surface area contributed by atoms with Crippen molar-refractivity contribution in [3.63, 3.8) is 0 Å². The van der Waals surface area contributed by atoms with Gasteiger partial charge in [0.15, 0.2) is 5.76 Å². The van der Waals surface area contributed by atoms with Crippen molar-refractivity contribution in [3.8, 4) is 11.3 Å². The molecule has 1 aliphatic rings. The van der Waals surface area contributed by atoms with Crippen molar-refractivity contribution in [1.82, 2.24) is 20.0 Å². The fourth-order valence-electron chi connectivity index (χ4n) is 3.25. The minimum absolute atomic E-state index is 0.0525. The minimum atomic E-state index is -0.0525. The van der Waals surface area contributed by atoms with Crippen LogP contribution in [0.3, 0.4) is 0 Å². The van der Waals surface area contributed by atoms with Gasteiger partial charge in [0.25, 0.3) is 0 Å². The van der Waals surface area contributed by atoms with E-state index in [1.807, 2.05) is 43.8 Å². The number of nitrogens with zero attached hydrogens (tertiary/aromatic N) is 5. The SMILES string of the molecule is CCC(=O)N1CCCC[C@H]1c1nc(N(C)C)ncc1-c1cc(C)no1. The molecule has 3 heterocycles. The number of hydrogen-bond acceptors (Lipinski definition) is 6. The summed E-state index contributed by atoms with van der Waals surface area (Å²) in [5.41, 5.74) is 2.46. The molecule has 0 N–H and O–H groups in total. The van der Waals surface area contributed by atoms with Gasteiger partial charge >= 0.3 is 0 Å². The lowest BCUT2D eigenvalue weighted by Crippen LogP contribution is -2.38. The summed E-state index contributed by atoms with van der Waals surface area (Å²) in [6.07, 6.45) is 5.29. The van der Waals surface area contributed by atoms with Gasteiger partial charge in [0.05, 0.1) is 23.0 Å². The van der Waals surface area contributed by atoms with Crippen molar-refractivity contribution in [2.45, 2.75) is 45.6 Å². The predicted octanol–water partition coefficient (Wildman–Crippen LogP) is 2.97. The Labute approximate surface area is 148 Å². The molecule has 25 heavy (non-hydrogen) atoms. The molecule has 2 aromatic heterocycles. The van der Waals surface area contributed by atoms with Crippen LogP contribution in [-0.4, -0.2) is 46.6 Å². The van der Waals surface area contributed by atoms with Gasteiger partial charge in [-0.2, -0.15) is 0 Å². The van der Waals surface area contributed by atoms with Crippen LogP contribution in [0.25, 0.3) is 11.3 Å². The fourth-order valence-corrected chi connectivity index (χ4v) is 3.25. The molecule has 2 aromatic rings. The molecule has 0 aliphatic carbocycles. The van der Waals surface area contributed by atoms with Gasteiger partial charge < -0.3 is 14.3 Å². The van der Waals surface area contributed by atoms with E-state index in [1.165, 1.54) is 0 Å². The highest BCUT2D eigenvalue weighted by Crippen LogP contribution is 2.36. The molecule has 0 spiro atoms. The molecule has 1 saturated heterocycles. The first-order valence-electron chi connectivity index (χ1n) is 8.78. The van der Waals surface area contributed by atoms with Gasteiger partial charge in [-0.25, -0.2) is 9.97 Å². The normalized spacial score (nSPS) is 17.6. The van der Waals surface area contributed by atoms with Crippen LogP contribution in [0.15, 0.2) is 16.8 Å². The zero-order chi connectivity index (χ0) is 18.0. The van der Waals surface area contributed by atoms with Gasteiger partial charge in [0.2, 0.25) is 11.9 Å². The molecule has 7 heteroatoms. The smallest absolute Gasteiger partial charge is 0.225 e. The monoisotopic (exact) mass is 343 g/mol. The van der Waals surface area contributed by atoms with Gasteiger partial charge in [0, 0.05) is 39.3 Å². The second-order valence-electron chi connectivity index (χ2n) is 6.65. The number of aromatic nitrogens is 3. The zero-order valence-electron chi connectivity index (χ0n) is 15.3. The van der Waals surface area contributed by atoms with Crippen LogP contribution in [0.1, 0.15) is 50.0 Å². The molecule has 0 radical (unpaired) electrons. The summed E-state index contributed by atoms with van der Waals surface area (Å²) in [6.45, 7) is 4.56. The molecular weight excluding hydrogens is 318 g/mol. The van der Waals surface area contributed by atoms with Gasteiger partial charge in [-0.05, 0) is 26.2 Å². The Kier molecular flexibility index (Phi) is 5.01. The number of anilines is 1. The second-order valence-corrected chi connectivity index (χ2v) is 6.65. The lowest BCUT2D eigenvalue weighted by atomic mass is 9.95. The summed E-state index contributed by atoms with van der Waals surface area (Å²) in [4.78, 5) is 25.5. The maximum atomic E-state index is 12.5. The topological polar surface area (TPSA) is 75.4 Å². The van der Waals surface area contributed by atoms with Gasteiger partial charge in [-0.1, -0.05) is 12.1 Å².